The predicted molar refractivity (Wildman–Crippen MR) is 142 cm³/mol. The molecule has 4 rings (SSSR count). The minimum Gasteiger partial charge on any atom is -0.439 e. The highest BCUT2D eigenvalue weighted by Crippen LogP contribution is 2.31. The van der Waals surface area contributed by atoms with Crippen molar-refractivity contribution in [1.82, 2.24) is 25.1 Å². The molecule has 1 amide bonds. The second-order valence-electron chi connectivity index (χ2n) is 8.51. The molecule has 2 aromatic carbocycles. The standard InChI is InChI=1S/C26H28N6O5S/c1-17-6-5-7-18(2)24(17)22-14-23(30-26(29-22)31-38(34,35)21-15-28-32(3)16-21)37-20-10-8-19(9-11-20)25(33)27-12-13-36-4/h5-11,14-16H,12-13H2,1-4H3,(H,27,33)(H,29,30,31). The molecule has 0 unspecified atom stereocenters. The lowest BCUT2D eigenvalue weighted by Crippen LogP contribution is -2.26. The van der Waals surface area contributed by atoms with Gasteiger partial charge in [0, 0.05) is 44.1 Å². The van der Waals surface area contributed by atoms with Crippen LogP contribution in [0.15, 0.2) is 65.8 Å². The maximum absolute atomic E-state index is 12.9. The summed E-state index contributed by atoms with van der Waals surface area (Å²) in [6.07, 6.45) is 2.62. The van der Waals surface area contributed by atoms with Crippen molar-refractivity contribution in [1.29, 1.82) is 0 Å². The smallest absolute Gasteiger partial charge is 0.267 e. The first-order valence-electron chi connectivity index (χ1n) is 11.7. The molecule has 0 spiro atoms. The van der Waals surface area contributed by atoms with Crippen LogP contribution in [0.3, 0.4) is 0 Å². The number of carbonyl (C=O) groups excluding carboxylic acids is 1. The average molecular weight is 537 g/mol. The number of carbonyl (C=O) groups is 1. The van der Waals surface area contributed by atoms with Crippen LogP contribution in [0.4, 0.5) is 5.95 Å². The first-order chi connectivity index (χ1) is 18.2. The van der Waals surface area contributed by atoms with Gasteiger partial charge in [-0.2, -0.15) is 10.1 Å². The van der Waals surface area contributed by atoms with Crippen molar-refractivity contribution in [2.45, 2.75) is 18.7 Å². The summed E-state index contributed by atoms with van der Waals surface area (Å²) in [6.45, 7) is 4.70. The zero-order valence-electron chi connectivity index (χ0n) is 21.4. The number of rotatable bonds is 10. The number of hydrogen-bond donors (Lipinski definition) is 2. The van der Waals surface area contributed by atoms with Crippen LogP contribution in [0, 0.1) is 13.8 Å². The third-order valence-electron chi connectivity index (χ3n) is 5.59. The van der Waals surface area contributed by atoms with Crippen molar-refractivity contribution in [3.8, 4) is 22.9 Å². The number of nitrogens with zero attached hydrogens (tertiary/aromatic N) is 4. The van der Waals surface area contributed by atoms with Gasteiger partial charge in [0.05, 0.1) is 18.5 Å². The van der Waals surface area contributed by atoms with E-state index in [1.807, 2.05) is 32.0 Å². The molecule has 0 atom stereocenters. The largest absolute Gasteiger partial charge is 0.439 e. The van der Waals surface area contributed by atoms with Crippen molar-refractivity contribution in [3.63, 3.8) is 0 Å². The van der Waals surface area contributed by atoms with Crippen molar-refractivity contribution in [2.75, 3.05) is 25.0 Å². The van der Waals surface area contributed by atoms with Gasteiger partial charge in [0.2, 0.25) is 11.8 Å². The molecule has 2 aromatic heterocycles. The van der Waals surface area contributed by atoms with Gasteiger partial charge < -0.3 is 14.8 Å². The third-order valence-corrected chi connectivity index (χ3v) is 6.87. The second-order valence-corrected chi connectivity index (χ2v) is 10.2. The summed E-state index contributed by atoms with van der Waals surface area (Å²) in [4.78, 5) is 21.0. The lowest BCUT2D eigenvalue weighted by molar-refractivity contribution is 0.0937. The Labute approximate surface area is 220 Å². The Bertz CT molecular complexity index is 1530. The van der Waals surface area contributed by atoms with Gasteiger partial charge in [0.15, 0.2) is 0 Å². The maximum Gasteiger partial charge on any atom is 0.267 e. The zero-order valence-corrected chi connectivity index (χ0v) is 22.2. The molecule has 12 heteroatoms. The molecule has 0 fully saturated rings. The Balaban J connectivity index is 1.66. The number of ether oxygens (including phenoxy) is 2. The molecular formula is C26H28N6O5S. The van der Waals surface area contributed by atoms with Gasteiger partial charge >= 0.3 is 0 Å². The fourth-order valence-electron chi connectivity index (χ4n) is 3.75. The molecule has 4 aromatic rings. The van der Waals surface area contributed by atoms with Crippen LogP contribution < -0.4 is 14.8 Å². The highest BCUT2D eigenvalue weighted by Gasteiger charge is 2.20. The summed E-state index contributed by atoms with van der Waals surface area (Å²) < 4.78 is 40.6. The molecule has 0 aliphatic carbocycles. The van der Waals surface area contributed by atoms with Gasteiger partial charge in [-0.1, -0.05) is 18.2 Å². The number of methoxy groups -OCH3 is 1. The molecule has 0 radical (unpaired) electrons. The van der Waals surface area contributed by atoms with Crippen LogP contribution >= 0.6 is 0 Å². The van der Waals surface area contributed by atoms with E-state index in [9.17, 15) is 13.2 Å². The van der Waals surface area contributed by atoms with E-state index < -0.39 is 10.0 Å². The first kappa shape index (κ1) is 26.8. The van der Waals surface area contributed by atoms with Crippen molar-refractivity contribution < 1.29 is 22.7 Å². The van der Waals surface area contributed by atoms with E-state index in [4.69, 9.17) is 9.47 Å². The normalized spacial score (nSPS) is 11.3. The first-order valence-corrected chi connectivity index (χ1v) is 13.2. The maximum atomic E-state index is 12.9. The van der Waals surface area contributed by atoms with Crippen LogP contribution in [0.1, 0.15) is 21.5 Å². The van der Waals surface area contributed by atoms with Crippen molar-refractivity contribution in [2.24, 2.45) is 7.05 Å². The molecule has 38 heavy (non-hydrogen) atoms. The summed E-state index contributed by atoms with van der Waals surface area (Å²) in [5.74, 6) is 0.141. The minimum atomic E-state index is -3.99. The quantitative estimate of drug-likeness (QED) is 0.294. The SMILES string of the molecule is COCCNC(=O)c1ccc(Oc2cc(-c3c(C)cccc3C)nc(NS(=O)(=O)c3cnn(C)c3)n2)cc1. The van der Waals surface area contributed by atoms with Gasteiger partial charge in [-0.05, 0) is 49.2 Å². The fourth-order valence-corrected chi connectivity index (χ4v) is 4.68. The molecular weight excluding hydrogens is 508 g/mol. The van der Waals surface area contributed by atoms with Gasteiger partial charge in [0.1, 0.15) is 10.6 Å². The van der Waals surface area contributed by atoms with E-state index in [1.165, 1.54) is 17.1 Å². The summed E-state index contributed by atoms with van der Waals surface area (Å²) in [5, 5.41) is 6.68. The van der Waals surface area contributed by atoms with Crippen LogP contribution in [-0.4, -0.2) is 54.3 Å². The summed E-state index contributed by atoms with van der Waals surface area (Å²) in [6, 6.07) is 14.0. The number of hydrogen-bond acceptors (Lipinski definition) is 8. The highest BCUT2D eigenvalue weighted by molar-refractivity contribution is 7.92. The summed E-state index contributed by atoms with van der Waals surface area (Å²) >= 11 is 0. The molecule has 2 heterocycles. The van der Waals surface area contributed by atoms with E-state index in [-0.39, 0.29) is 22.6 Å². The minimum absolute atomic E-state index is 0.0251. The van der Waals surface area contributed by atoms with Gasteiger partial charge in [-0.15, -0.1) is 0 Å². The number of benzene rings is 2. The Morgan fingerprint density at radius 2 is 1.76 bits per heavy atom. The van der Waals surface area contributed by atoms with E-state index in [0.717, 1.165) is 16.7 Å². The van der Waals surface area contributed by atoms with Gasteiger partial charge in [0.25, 0.3) is 15.9 Å². The highest BCUT2D eigenvalue weighted by atomic mass is 32.2. The van der Waals surface area contributed by atoms with E-state index in [2.05, 4.69) is 25.1 Å². The number of sulfonamides is 1. The zero-order chi connectivity index (χ0) is 27.3. The lowest BCUT2D eigenvalue weighted by atomic mass is 10.00. The number of amides is 1. The number of anilines is 1. The van der Waals surface area contributed by atoms with Crippen LogP contribution in [0.2, 0.25) is 0 Å². The van der Waals surface area contributed by atoms with E-state index in [1.54, 1.807) is 44.5 Å². The Morgan fingerprint density at radius 1 is 1.05 bits per heavy atom. The van der Waals surface area contributed by atoms with Gasteiger partial charge in [-0.3, -0.25) is 9.48 Å². The Morgan fingerprint density at radius 3 is 2.39 bits per heavy atom. The number of aryl methyl sites for hydroxylation is 3. The summed E-state index contributed by atoms with van der Waals surface area (Å²) in [5.41, 5.74) is 3.70. The number of aromatic nitrogens is 4. The molecule has 11 nitrogen and oxygen atoms in total. The van der Waals surface area contributed by atoms with Crippen LogP contribution in [0.25, 0.3) is 11.3 Å². The summed E-state index contributed by atoms with van der Waals surface area (Å²) in [7, 11) is -0.809. The third kappa shape index (κ3) is 6.33. The lowest BCUT2D eigenvalue weighted by Gasteiger charge is -2.13. The van der Waals surface area contributed by atoms with Crippen LogP contribution in [-0.2, 0) is 21.8 Å². The Kier molecular flexibility index (Phi) is 8.03. The van der Waals surface area contributed by atoms with Gasteiger partial charge in [-0.25, -0.2) is 18.1 Å². The predicted octanol–water partition coefficient (Wildman–Crippen LogP) is 3.46. The molecule has 0 saturated carbocycles. The second kappa shape index (κ2) is 11.4. The van der Waals surface area contributed by atoms with Crippen molar-refractivity contribution in [3.05, 3.63) is 77.6 Å². The molecule has 0 saturated heterocycles. The monoisotopic (exact) mass is 536 g/mol. The molecule has 198 valence electrons. The molecule has 0 bridgehead atoms. The fraction of sp³-hybridized carbons (Fsp3) is 0.231. The van der Waals surface area contributed by atoms with Crippen molar-refractivity contribution >= 4 is 21.9 Å². The number of nitrogens with one attached hydrogen (secondary N) is 2. The average Bonchev–Trinajstić information content (AvgIpc) is 3.31. The molecule has 0 aliphatic rings. The Hall–Kier alpha value is -4.29. The molecule has 0 aliphatic heterocycles. The van der Waals surface area contributed by atoms with E-state index >= 15 is 0 Å². The van der Waals surface area contributed by atoms with Crippen LogP contribution in [0.5, 0.6) is 11.6 Å². The molecule has 2 N–H and O–H groups in total. The topological polar surface area (TPSA) is 137 Å². The van der Waals surface area contributed by atoms with E-state index in [0.29, 0.717) is 30.2 Å².